The molecule has 130 valence electrons. The number of nitrogens with zero attached hydrogens (tertiary/aromatic N) is 3. The number of halogens is 2. The summed E-state index contributed by atoms with van der Waals surface area (Å²) in [5.74, 6) is 0.670. The number of hydrogen-bond acceptors (Lipinski definition) is 5. The standard InChI is InChI=1S/C18H11ClFN3O2S/c19-12-3-6-16-22-14(7-17(24)23(16)9-12)10-26-18-21-8-15(25-18)11-1-4-13(20)5-2-11/h1-9H,10H2. The highest BCUT2D eigenvalue weighted by Gasteiger charge is 2.09. The maximum Gasteiger partial charge on any atom is 0.258 e. The van der Waals surface area contributed by atoms with Gasteiger partial charge in [-0.05, 0) is 36.4 Å². The minimum absolute atomic E-state index is 0.201. The highest BCUT2D eigenvalue weighted by molar-refractivity contribution is 7.98. The molecule has 0 unspecified atom stereocenters. The summed E-state index contributed by atoms with van der Waals surface area (Å²) in [7, 11) is 0. The maximum absolute atomic E-state index is 13.0. The lowest BCUT2D eigenvalue weighted by Crippen LogP contribution is -2.15. The van der Waals surface area contributed by atoms with E-state index in [4.69, 9.17) is 16.0 Å². The molecule has 3 heterocycles. The Hall–Kier alpha value is -2.64. The number of aromatic nitrogens is 3. The number of rotatable bonds is 4. The fourth-order valence-electron chi connectivity index (χ4n) is 2.41. The monoisotopic (exact) mass is 387 g/mol. The molecule has 0 spiro atoms. The first-order chi connectivity index (χ1) is 12.6. The van der Waals surface area contributed by atoms with E-state index in [1.807, 2.05) is 0 Å². The van der Waals surface area contributed by atoms with Crippen LogP contribution in [0.2, 0.25) is 5.02 Å². The van der Waals surface area contributed by atoms with Gasteiger partial charge in [0.25, 0.3) is 10.8 Å². The zero-order chi connectivity index (χ0) is 18.1. The third-order valence-corrected chi connectivity index (χ3v) is 4.73. The molecule has 1 aromatic carbocycles. The minimum Gasteiger partial charge on any atom is -0.431 e. The molecule has 0 aliphatic rings. The SMILES string of the molecule is O=c1cc(CSc2ncc(-c3ccc(F)cc3)o2)nc2ccc(Cl)cn12. The molecule has 0 fully saturated rings. The van der Waals surface area contributed by atoms with Crippen LogP contribution in [0.3, 0.4) is 0 Å². The van der Waals surface area contributed by atoms with Crippen molar-refractivity contribution in [2.24, 2.45) is 0 Å². The fourth-order valence-corrected chi connectivity index (χ4v) is 3.26. The van der Waals surface area contributed by atoms with Crippen LogP contribution in [0, 0.1) is 5.82 Å². The average Bonchev–Trinajstić information content (AvgIpc) is 3.10. The molecule has 0 bridgehead atoms. The summed E-state index contributed by atoms with van der Waals surface area (Å²) in [5.41, 5.74) is 1.68. The van der Waals surface area contributed by atoms with E-state index in [1.54, 1.807) is 30.5 Å². The van der Waals surface area contributed by atoms with E-state index in [2.05, 4.69) is 9.97 Å². The van der Waals surface area contributed by atoms with Crippen LogP contribution in [-0.4, -0.2) is 14.4 Å². The predicted molar refractivity (Wildman–Crippen MR) is 97.9 cm³/mol. The number of hydrogen-bond donors (Lipinski definition) is 0. The number of benzene rings is 1. The third kappa shape index (κ3) is 3.49. The van der Waals surface area contributed by atoms with Gasteiger partial charge in [-0.2, -0.15) is 0 Å². The Kier molecular flexibility index (Phi) is 4.48. The molecule has 3 aromatic heterocycles. The van der Waals surface area contributed by atoms with Crippen molar-refractivity contribution in [2.45, 2.75) is 11.0 Å². The summed E-state index contributed by atoms with van der Waals surface area (Å²) in [4.78, 5) is 20.8. The molecule has 0 saturated heterocycles. The number of pyridine rings is 1. The summed E-state index contributed by atoms with van der Waals surface area (Å²) in [5, 5.41) is 0.916. The molecule has 0 amide bonds. The van der Waals surface area contributed by atoms with Crippen molar-refractivity contribution >= 4 is 29.0 Å². The fraction of sp³-hybridized carbons (Fsp3) is 0.0556. The quantitative estimate of drug-likeness (QED) is 0.485. The van der Waals surface area contributed by atoms with Gasteiger partial charge < -0.3 is 4.42 Å². The molecule has 4 aromatic rings. The minimum atomic E-state index is -0.308. The van der Waals surface area contributed by atoms with Crippen LogP contribution in [0.4, 0.5) is 4.39 Å². The van der Waals surface area contributed by atoms with E-state index in [9.17, 15) is 9.18 Å². The molecule has 4 rings (SSSR count). The van der Waals surface area contributed by atoms with Crippen molar-refractivity contribution in [3.63, 3.8) is 0 Å². The van der Waals surface area contributed by atoms with Crippen molar-refractivity contribution in [1.29, 1.82) is 0 Å². The molecular weight excluding hydrogens is 377 g/mol. The number of thioether (sulfide) groups is 1. The van der Waals surface area contributed by atoms with Crippen molar-refractivity contribution < 1.29 is 8.81 Å². The van der Waals surface area contributed by atoms with Crippen LogP contribution in [0.25, 0.3) is 17.0 Å². The van der Waals surface area contributed by atoms with E-state index >= 15 is 0 Å². The zero-order valence-electron chi connectivity index (χ0n) is 13.2. The van der Waals surface area contributed by atoms with Gasteiger partial charge >= 0.3 is 0 Å². The molecule has 0 saturated carbocycles. The molecular formula is C18H11ClFN3O2S. The highest BCUT2D eigenvalue weighted by Crippen LogP contribution is 2.27. The molecule has 5 nitrogen and oxygen atoms in total. The lowest BCUT2D eigenvalue weighted by atomic mass is 10.2. The van der Waals surface area contributed by atoms with Gasteiger partial charge in [0.2, 0.25) is 0 Å². The second-order valence-electron chi connectivity index (χ2n) is 5.45. The van der Waals surface area contributed by atoms with Gasteiger partial charge in [-0.15, -0.1) is 0 Å². The Balaban J connectivity index is 1.52. The molecule has 26 heavy (non-hydrogen) atoms. The number of fused-ring (bicyclic) bond motifs is 1. The second kappa shape index (κ2) is 6.93. The van der Waals surface area contributed by atoms with Gasteiger partial charge in [0.05, 0.1) is 16.9 Å². The van der Waals surface area contributed by atoms with Crippen LogP contribution in [-0.2, 0) is 5.75 Å². The molecule has 0 aliphatic carbocycles. The van der Waals surface area contributed by atoms with Crippen LogP contribution < -0.4 is 5.56 Å². The summed E-state index contributed by atoms with van der Waals surface area (Å²) >= 11 is 7.22. The van der Waals surface area contributed by atoms with Crippen LogP contribution in [0.1, 0.15) is 5.69 Å². The van der Waals surface area contributed by atoms with Gasteiger partial charge in [0.15, 0.2) is 5.76 Å². The normalized spacial score (nSPS) is 11.2. The lowest BCUT2D eigenvalue weighted by Gasteiger charge is -2.03. The molecule has 8 heteroatoms. The topological polar surface area (TPSA) is 60.4 Å². The Labute approximate surface area is 156 Å². The summed E-state index contributed by atoms with van der Waals surface area (Å²) in [6.07, 6.45) is 3.12. The van der Waals surface area contributed by atoms with Crippen molar-refractivity contribution in [3.8, 4) is 11.3 Å². The van der Waals surface area contributed by atoms with Gasteiger partial charge in [-0.3, -0.25) is 9.20 Å². The highest BCUT2D eigenvalue weighted by atomic mass is 35.5. The third-order valence-electron chi connectivity index (χ3n) is 3.63. The Morgan fingerprint density at radius 3 is 2.81 bits per heavy atom. The van der Waals surface area contributed by atoms with Crippen molar-refractivity contribution in [1.82, 2.24) is 14.4 Å². The van der Waals surface area contributed by atoms with E-state index in [1.165, 1.54) is 40.6 Å². The predicted octanol–water partition coefficient (Wildman–Crippen LogP) is 4.43. The first-order valence-electron chi connectivity index (χ1n) is 7.61. The average molecular weight is 388 g/mol. The van der Waals surface area contributed by atoms with E-state index in [0.29, 0.717) is 33.1 Å². The Bertz CT molecular complexity index is 1140. The van der Waals surface area contributed by atoms with Gasteiger partial charge in [0, 0.05) is 23.6 Å². The lowest BCUT2D eigenvalue weighted by molar-refractivity contribution is 0.466. The zero-order valence-corrected chi connectivity index (χ0v) is 14.8. The van der Waals surface area contributed by atoms with Gasteiger partial charge in [0.1, 0.15) is 11.5 Å². The van der Waals surface area contributed by atoms with Gasteiger partial charge in [-0.25, -0.2) is 14.4 Å². The number of oxazole rings is 1. The first kappa shape index (κ1) is 16.8. The van der Waals surface area contributed by atoms with Crippen LogP contribution >= 0.6 is 23.4 Å². The van der Waals surface area contributed by atoms with Crippen molar-refractivity contribution in [2.75, 3.05) is 0 Å². The smallest absolute Gasteiger partial charge is 0.258 e. The van der Waals surface area contributed by atoms with Crippen LogP contribution in [0.5, 0.6) is 0 Å². The summed E-state index contributed by atoms with van der Waals surface area (Å²) in [6, 6.07) is 10.8. The molecule has 0 N–H and O–H groups in total. The summed E-state index contributed by atoms with van der Waals surface area (Å²) in [6.45, 7) is 0. The van der Waals surface area contributed by atoms with E-state index in [-0.39, 0.29) is 11.4 Å². The molecule has 0 aliphatic heterocycles. The van der Waals surface area contributed by atoms with Crippen LogP contribution in [0.15, 0.2) is 69.3 Å². The second-order valence-corrected chi connectivity index (χ2v) is 6.81. The molecule has 0 atom stereocenters. The largest absolute Gasteiger partial charge is 0.431 e. The Morgan fingerprint density at radius 2 is 2.00 bits per heavy atom. The summed E-state index contributed by atoms with van der Waals surface area (Å²) < 4.78 is 20.1. The van der Waals surface area contributed by atoms with Gasteiger partial charge in [-0.1, -0.05) is 23.4 Å². The van der Waals surface area contributed by atoms with Crippen molar-refractivity contribution in [3.05, 3.63) is 81.7 Å². The first-order valence-corrected chi connectivity index (χ1v) is 8.97. The van der Waals surface area contributed by atoms with E-state index in [0.717, 1.165) is 5.56 Å². The van der Waals surface area contributed by atoms with E-state index < -0.39 is 0 Å². The molecule has 0 radical (unpaired) electrons. The Morgan fingerprint density at radius 1 is 1.19 bits per heavy atom. The maximum atomic E-state index is 13.0.